The first-order valence-corrected chi connectivity index (χ1v) is 8.05. The summed E-state index contributed by atoms with van der Waals surface area (Å²) in [6.07, 6.45) is 2.26. The fourth-order valence-corrected chi connectivity index (χ4v) is 3.26. The van der Waals surface area contributed by atoms with Crippen LogP contribution in [0.3, 0.4) is 0 Å². The molecule has 1 aromatic rings. The lowest BCUT2D eigenvalue weighted by Gasteiger charge is -2.33. The molecular formula is C18H27F2N. The molecule has 1 aliphatic rings. The molecule has 1 N–H and O–H groups in total. The van der Waals surface area contributed by atoms with Crippen LogP contribution in [0.25, 0.3) is 0 Å². The molecule has 21 heavy (non-hydrogen) atoms. The summed E-state index contributed by atoms with van der Waals surface area (Å²) in [5.74, 6) is -1.53. The van der Waals surface area contributed by atoms with Gasteiger partial charge in [0.25, 0.3) is 0 Å². The summed E-state index contributed by atoms with van der Waals surface area (Å²) in [6.45, 7) is 4.38. The Balaban J connectivity index is 1.96. The molecule has 0 amide bonds. The smallest absolute Gasteiger partial charge is 0.248 e. The molecule has 0 spiro atoms. The Morgan fingerprint density at radius 2 is 1.71 bits per heavy atom. The van der Waals surface area contributed by atoms with Crippen molar-refractivity contribution in [3.8, 4) is 0 Å². The Hall–Kier alpha value is -0.960. The molecule has 0 radical (unpaired) electrons. The molecule has 0 bridgehead atoms. The molecule has 0 heterocycles. The molecule has 1 nitrogen and oxygen atoms in total. The van der Waals surface area contributed by atoms with E-state index in [9.17, 15) is 8.78 Å². The average molecular weight is 295 g/mol. The van der Waals surface area contributed by atoms with Gasteiger partial charge in [0.05, 0.1) is 0 Å². The SMILES string of the molecule is CNC(Cc1ccc(C(C)C)cc1)C1CCC(F)(F)CC1. The van der Waals surface area contributed by atoms with Crippen molar-refractivity contribution in [1.82, 2.24) is 5.32 Å². The third-order valence-electron chi connectivity index (χ3n) is 4.80. The highest BCUT2D eigenvalue weighted by atomic mass is 19.3. The summed E-state index contributed by atoms with van der Waals surface area (Å²) < 4.78 is 26.5. The summed E-state index contributed by atoms with van der Waals surface area (Å²) in [5.41, 5.74) is 2.63. The number of rotatable bonds is 5. The Bertz CT molecular complexity index is 429. The standard InChI is InChI=1S/C18H27F2N/c1-13(2)15-6-4-14(5-7-15)12-17(21-3)16-8-10-18(19,20)11-9-16/h4-7,13,16-17,21H,8-12H2,1-3H3. The van der Waals surface area contributed by atoms with Crippen molar-refractivity contribution >= 4 is 0 Å². The summed E-state index contributed by atoms with van der Waals surface area (Å²) >= 11 is 0. The van der Waals surface area contributed by atoms with Crippen LogP contribution in [0.4, 0.5) is 8.78 Å². The minimum Gasteiger partial charge on any atom is -0.316 e. The van der Waals surface area contributed by atoms with E-state index in [1.807, 2.05) is 7.05 Å². The summed E-state index contributed by atoms with van der Waals surface area (Å²) in [7, 11) is 1.94. The number of halogens is 2. The van der Waals surface area contributed by atoms with Crippen LogP contribution in [-0.2, 0) is 6.42 Å². The van der Waals surface area contributed by atoms with Gasteiger partial charge in [0.2, 0.25) is 5.92 Å². The monoisotopic (exact) mass is 295 g/mol. The topological polar surface area (TPSA) is 12.0 Å². The molecule has 3 heteroatoms. The van der Waals surface area contributed by atoms with Crippen LogP contribution in [0, 0.1) is 5.92 Å². The lowest BCUT2D eigenvalue weighted by Crippen LogP contribution is -2.39. The Morgan fingerprint density at radius 3 is 2.19 bits per heavy atom. The van der Waals surface area contributed by atoms with Gasteiger partial charge in [-0.05, 0) is 49.3 Å². The quantitative estimate of drug-likeness (QED) is 0.825. The van der Waals surface area contributed by atoms with Gasteiger partial charge < -0.3 is 5.32 Å². The normalized spacial score (nSPS) is 20.7. The molecule has 118 valence electrons. The molecule has 2 rings (SSSR count). The molecule has 0 saturated heterocycles. The number of benzene rings is 1. The third kappa shape index (κ3) is 4.50. The van der Waals surface area contributed by atoms with Crippen LogP contribution in [0.5, 0.6) is 0 Å². The Morgan fingerprint density at radius 1 is 1.14 bits per heavy atom. The number of alkyl halides is 2. The van der Waals surface area contributed by atoms with E-state index < -0.39 is 5.92 Å². The van der Waals surface area contributed by atoms with Crippen molar-refractivity contribution in [2.45, 2.75) is 63.8 Å². The molecule has 1 saturated carbocycles. The zero-order valence-corrected chi connectivity index (χ0v) is 13.3. The van der Waals surface area contributed by atoms with Crippen molar-refractivity contribution in [3.63, 3.8) is 0 Å². The molecule has 0 aliphatic heterocycles. The van der Waals surface area contributed by atoms with Gasteiger partial charge in [0.15, 0.2) is 0 Å². The first-order valence-electron chi connectivity index (χ1n) is 8.05. The highest BCUT2D eigenvalue weighted by Gasteiger charge is 2.37. The number of hydrogen-bond acceptors (Lipinski definition) is 1. The van der Waals surface area contributed by atoms with Crippen molar-refractivity contribution in [2.75, 3.05) is 7.05 Å². The Labute approximate surface area is 127 Å². The van der Waals surface area contributed by atoms with Gasteiger partial charge in [0, 0.05) is 18.9 Å². The number of nitrogens with one attached hydrogen (secondary N) is 1. The van der Waals surface area contributed by atoms with Gasteiger partial charge in [-0.1, -0.05) is 38.1 Å². The summed E-state index contributed by atoms with van der Waals surface area (Å²) in [6, 6.07) is 9.02. The van der Waals surface area contributed by atoms with Gasteiger partial charge in [-0.2, -0.15) is 0 Å². The first kappa shape index (κ1) is 16.4. The maximum Gasteiger partial charge on any atom is 0.248 e. The van der Waals surface area contributed by atoms with Gasteiger partial charge >= 0.3 is 0 Å². The van der Waals surface area contributed by atoms with E-state index in [-0.39, 0.29) is 12.8 Å². The van der Waals surface area contributed by atoms with Crippen LogP contribution >= 0.6 is 0 Å². The van der Waals surface area contributed by atoms with Crippen LogP contribution in [0.1, 0.15) is 56.6 Å². The van der Waals surface area contributed by atoms with E-state index in [4.69, 9.17) is 0 Å². The molecular weight excluding hydrogens is 268 g/mol. The van der Waals surface area contributed by atoms with Crippen molar-refractivity contribution < 1.29 is 8.78 Å². The van der Waals surface area contributed by atoms with E-state index in [0.717, 1.165) is 6.42 Å². The van der Waals surface area contributed by atoms with Crippen molar-refractivity contribution in [1.29, 1.82) is 0 Å². The number of likely N-dealkylation sites (N-methyl/N-ethyl adjacent to an activating group) is 1. The summed E-state index contributed by atoms with van der Waals surface area (Å²) in [5, 5.41) is 3.34. The molecule has 1 aliphatic carbocycles. The largest absolute Gasteiger partial charge is 0.316 e. The highest BCUT2D eigenvalue weighted by Crippen LogP contribution is 2.38. The predicted molar refractivity (Wildman–Crippen MR) is 84.0 cm³/mol. The lowest BCUT2D eigenvalue weighted by molar-refractivity contribution is -0.0492. The number of hydrogen-bond donors (Lipinski definition) is 1. The molecule has 1 unspecified atom stereocenters. The van der Waals surface area contributed by atoms with Crippen molar-refractivity contribution in [2.24, 2.45) is 5.92 Å². The maximum atomic E-state index is 13.3. The van der Waals surface area contributed by atoms with Crippen LogP contribution in [0.15, 0.2) is 24.3 Å². The fraction of sp³-hybridized carbons (Fsp3) is 0.667. The maximum absolute atomic E-state index is 13.3. The van der Waals surface area contributed by atoms with E-state index in [0.29, 0.717) is 30.7 Å². The summed E-state index contributed by atoms with van der Waals surface area (Å²) in [4.78, 5) is 0. The van der Waals surface area contributed by atoms with Gasteiger partial charge in [0.1, 0.15) is 0 Å². The molecule has 0 aromatic heterocycles. The second-order valence-corrected chi connectivity index (χ2v) is 6.69. The molecule has 1 atom stereocenters. The zero-order chi connectivity index (χ0) is 15.5. The van der Waals surface area contributed by atoms with Gasteiger partial charge in [-0.25, -0.2) is 8.78 Å². The third-order valence-corrected chi connectivity index (χ3v) is 4.80. The van der Waals surface area contributed by atoms with E-state index >= 15 is 0 Å². The van der Waals surface area contributed by atoms with Gasteiger partial charge in [-0.3, -0.25) is 0 Å². The Kier molecular flexibility index (Phi) is 5.37. The van der Waals surface area contributed by atoms with E-state index in [1.165, 1.54) is 11.1 Å². The first-order chi connectivity index (χ1) is 9.91. The molecule has 1 aromatic carbocycles. The minimum absolute atomic E-state index is 0.0438. The average Bonchev–Trinajstić information content (AvgIpc) is 2.45. The van der Waals surface area contributed by atoms with Crippen molar-refractivity contribution in [3.05, 3.63) is 35.4 Å². The van der Waals surface area contributed by atoms with Crippen LogP contribution in [0.2, 0.25) is 0 Å². The lowest BCUT2D eigenvalue weighted by atomic mass is 9.80. The predicted octanol–water partition coefficient (Wildman–Crippen LogP) is 4.77. The zero-order valence-electron chi connectivity index (χ0n) is 13.3. The van der Waals surface area contributed by atoms with Gasteiger partial charge in [-0.15, -0.1) is 0 Å². The highest BCUT2D eigenvalue weighted by molar-refractivity contribution is 5.25. The minimum atomic E-state index is -2.44. The van der Waals surface area contributed by atoms with Crippen LogP contribution in [-0.4, -0.2) is 19.0 Å². The second kappa shape index (κ2) is 6.87. The fourth-order valence-electron chi connectivity index (χ4n) is 3.26. The van der Waals surface area contributed by atoms with Crippen LogP contribution < -0.4 is 5.32 Å². The second-order valence-electron chi connectivity index (χ2n) is 6.69. The van der Waals surface area contributed by atoms with E-state index in [2.05, 4.69) is 43.4 Å². The van der Waals surface area contributed by atoms with E-state index in [1.54, 1.807) is 0 Å². The molecule has 1 fully saturated rings.